The first kappa shape index (κ1) is 16.3. The number of anilines is 1. The molecule has 2 rings (SSSR count). The summed E-state index contributed by atoms with van der Waals surface area (Å²) in [5.41, 5.74) is 2.03. The molecule has 0 aliphatic carbocycles. The first-order chi connectivity index (χ1) is 10.6. The quantitative estimate of drug-likeness (QED) is 0.826. The van der Waals surface area contributed by atoms with Crippen LogP contribution in [-0.2, 0) is 0 Å². The second-order valence-corrected chi connectivity index (χ2v) is 5.97. The molecule has 0 unspecified atom stereocenters. The van der Waals surface area contributed by atoms with E-state index in [1.165, 1.54) is 11.3 Å². The Hall–Kier alpha value is -2.08. The second kappa shape index (κ2) is 7.79. The number of para-hydroxylation sites is 1. The van der Waals surface area contributed by atoms with E-state index in [1.807, 2.05) is 43.5 Å². The summed E-state index contributed by atoms with van der Waals surface area (Å²) in [6.45, 7) is 5.13. The minimum Gasteiger partial charge on any atom is -0.493 e. The molecule has 0 radical (unpaired) electrons. The van der Waals surface area contributed by atoms with Crippen LogP contribution in [0.25, 0.3) is 0 Å². The van der Waals surface area contributed by atoms with Gasteiger partial charge in [-0.25, -0.2) is 9.78 Å². The van der Waals surface area contributed by atoms with Crippen molar-refractivity contribution in [2.24, 2.45) is 0 Å². The van der Waals surface area contributed by atoms with Gasteiger partial charge in [-0.1, -0.05) is 18.2 Å². The van der Waals surface area contributed by atoms with Gasteiger partial charge in [-0.3, -0.25) is 5.32 Å². The number of thiazole rings is 1. The van der Waals surface area contributed by atoms with Gasteiger partial charge in [0.05, 0.1) is 12.3 Å². The van der Waals surface area contributed by atoms with Crippen molar-refractivity contribution in [3.05, 3.63) is 40.9 Å². The van der Waals surface area contributed by atoms with Crippen LogP contribution >= 0.6 is 11.3 Å². The number of rotatable bonds is 6. The molecule has 1 aromatic carbocycles. The fourth-order valence-corrected chi connectivity index (χ4v) is 2.58. The second-order valence-electron chi connectivity index (χ2n) is 5.11. The summed E-state index contributed by atoms with van der Waals surface area (Å²) >= 11 is 1.43. The van der Waals surface area contributed by atoms with Gasteiger partial charge in [0, 0.05) is 19.0 Å². The molecule has 0 aliphatic rings. The van der Waals surface area contributed by atoms with Crippen LogP contribution in [0.15, 0.2) is 29.6 Å². The third-order valence-corrected chi connectivity index (χ3v) is 4.04. The van der Waals surface area contributed by atoms with Crippen molar-refractivity contribution in [2.45, 2.75) is 20.3 Å². The molecule has 5 nitrogen and oxygen atoms in total. The standard InChI is InChI=1S/C16H21N3O2S/c1-12-7-4-5-8-14(12)21-10-6-9-19(3)16(20)18-15-17-13(2)11-22-15/h4-5,7-8,11H,6,9-10H2,1-3H3,(H,17,18,20). The van der Waals surface area contributed by atoms with Crippen LogP contribution in [0.2, 0.25) is 0 Å². The number of nitrogens with zero attached hydrogens (tertiary/aromatic N) is 2. The Labute approximate surface area is 134 Å². The van der Waals surface area contributed by atoms with E-state index in [1.54, 1.807) is 11.9 Å². The number of hydrogen-bond acceptors (Lipinski definition) is 4. The Bertz CT molecular complexity index is 627. The highest BCUT2D eigenvalue weighted by atomic mass is 32.1. The fraction of sp³-hybridized carbons (Fsp3) is 0.375. The van der Waals surface area contributed by atoms with Crippen LogP contribution in [0.3, 0.4) is 0 Å². The average molecular weight is 319 g/mol. The highest BCUT2D eigenvalue weighted by molar-refractivity contribution is 7.13. The van der Waals surface area contributed by atoms with Crippen LogP contribution in [0.4, 0.5) is 9.93 Å². The van der Waals surface area contributed by atoms with Gasteiger partial charge in [-0.05, 0) is 31.9 Å². The SMILES string of the molecule is Cc1csc(NC(=O)N(C)CCCOc2ccccc2C)n1. The number of benzene rings is 1. The zero-order chi connectivity index (χ0) is 15.9. The Morgan fingerprint density at radius 1 is 1.36 bits per heavy atom. The largest absolute Gasteiger partial charge is 0.493 e. The number of carbonyl (C=O) groups is 1. The van der Waals surface area contributed by atoms with Gasteiger partial charge in [-0.15, -0.1) is 11.3 Å². The lowest BCUT2D eigenvalue weighted by Crippen LogP contribution is -2.32. The molecule has 6 heteroatoms. The zero-order valence-corrected chi connectivity index (χ0v) is 13.9. The van der Waals surface area contributed by atoms with Gasteiger partial charge in [0.15, 0.2) is 5.13 Å². The number of aryl methyl sites for hydroxylation is 2. The van der Waals surface area contributed by atoms with Crippen molar-refractivity contribution < 1.29 is 9.53 Å². The Balaban J connectivity index is 1.70. The topological polar surface area (TPSA) is 54.5 Å². The number of ether oxygens (including phenoxy) is 1. The minimum atomic E-state index is -0.148. The van der Waals surface area contributed by atoms with Crippen molar-refractivity contribution in [3.8, 4) is 5.75 Å². The lowest BCUT2D eigenvalue weighted by molar-refractivity contribution is 0.216. The average Bonchev–Trinajstić information content (AvgIpc) is 2.90. The molecule has 0 spiro atoms. The molecule has 0 atom stereocenters. The first-order valence-corrected chi connectivity index (χ1v) is 8.07. The Kier molecular flexibility index (Phi) is 5.77. The molecule has 1 aromatic heterocycles. The number of urea groups is 1. The maximum Gasteiger partial charge on any atom is 0.323 e. The number of carbonyl (C=O) groups excluding carboxylic acids is 1. The number of amides is 2. The Morgan fingerprint density at radius 2 is 2.14 bits per heavy atom. The number of nitrogens with one attached hydrogen (secondary N) is 1. The van der Waals surface area contributed by atoms with Crippen molar-refractivity contribution in [1.29, 1.82) is 0 Å². The van der Waals surface area contributed by atoms with Crippen LogP contribution in [0, 0.1) is 13.8 Å². The fourth-order valence-electron chi connectivity index (χ4n) is 1.90. The smallest absolute Gasteiger partial charge is 0.323 e. The zero-order valence-electron chi connectivity index (χ0n) is 13.1. The summed E-state index contributed by atoms with van der Waals surface area (Å²) in [5.74, 6) is 0.896. The van der Waals surface area contributed by atoms with Gasteiger partial charge in [0.25, 0.3) is 0 Å². The predicted octanol–water partition coefficient (Wildman–Crippen LogP) is 3.69. The minimum absolute atomic E-state index is 0.148. The molecule has 0 saturated heterocycles. The van der Waals surface area contributed by atoms with Gasteiger partial charge in [0.2, 0.25) is 0 Å². The molecule has 1 heterocycles. The molecular formula is C16H21N3O2S. The van der Waals surface area contributed by atoms with E-state index in [-0.39, 0.29) is 6.03 Å². The van der Waals surface area contributed by atoms with Crippen molar-refractivity contribution in [1.82, 2.24) is 9.88 Å². The van der Waals surface area contributed by atoms with Gasteiger partial charge in [0.1, 0.15) is 5.75 Å². The van der Waals surface area contributed by atoms with Crippen molar-refractivity contribution in [3.63, 3.8) is 0 Å². The maximum absolute atomic E-state index is 12.0. The van der Waals surface area contributed by atoms with Crippen LogP contribution < -0.4 is 10.1 Å². The molecule has 0 bridgehead atoms. The van der Waals surface area contributed by atoms with E-state index < -0.39 is 0 Å². The monoisotopic (exact) mass is 319 g/mol. The summed E-state index contributed by atoms with van der Waals surface area (Å²) < 4.78 is 5.72. The molecule has 1 N–H and O–H groups in total. The summed E-state index contributed by atoms with van der Waals surface area (Å²) in [5, 5.41) is 5.32. The number of aromatic nitrogens is 1. The number of hydrogen-bond donors (Lipinski definition) is 1. The van der Waals surface area contributed by atoms with E-state index in [2.05, 4.69) is 10.3 Å². The van der Waals surface area contributed by atoms with Gasteiger partial charge >= 0.3 is 6.03 Å². The predicted molar refractivity (Wildman–Crippen MR) is 89.8 cm³/mol. The van der Waals surface area contributed by atoms with Crippen molar-refractivity contribution in [2.75, 3.05) is 25.5 Å². The van der Waals surface area contributed by atoms with Crippen LogP contribution in [0.1, 0.15) is 17.7 Å². The normalized spacial score (nSPS) is 10.3. The van der Waals surface area contributed by atoms with E-state index in [0.717, 1.165) is 23.4 Å². The highest BCUT2D eigenvalue weighted by Gasteiger charge is 2.10. The lowest BCUT2D eigenvalue weighted by atomic mass is 10.2. The first-order valence-electron chi connectivity index (χ1n) is 7.19. The molecule has 2 aromatic rings. The summed E-state index contributed by atoms with van der Waals surface area (Å²) in [6, 6.07) is 7.77. The van der Waals surface area contributed by atoms with E-state index in [4.69, 9.17) is 4.74 Å². The molecule has 0 fully saturated rings. The molecular weight excluding hydrogens is 298 g/mol. The third kappa shape index (κ3) is 4.73. The van der Waals surface area contributed by atoms with E-state index >= 15 is 0 Å². The molecule has 0 aliphatic heterocycles. The third-order valence-electron chi connectivity index (χ3n) is 3.17. The highest BCUT2D eigenvalue weighted by Crippen LogP contribution is 2.16. The molecule has 22 heavy (non-hydrogen) atoms. The van der Waals surface area contributed by atoms with Gasteiger partial charge in [-0.2, -0.15) is 0 Å². The van der Waals surface area contributed by atoms with Gasteiger partial charge < -0.3 is 9.64 Å². The van der Waals surface area contributed by atoms with Crippen LogP contribution in [0.5, 0.6) is 5.75 Å². The maximum atomic E-state index is 12.0. The summed E-state index contributed by atoms with van der Waals surface area (Å²) in [4.78, 5) is 17.8. The van der Waals surface area contributed by atoms with Crippen molar-refractivity contribution >= 4 is 22.5 Å². The van der Waals surface area contributed by atoms with E-state index in [0.29, 0.717) is 18.3 Å². The molecule has 118 valence electrons. The Morgan fingerprint density at radius 3 is 2.82 bits per heavy atom. The van der Waals surface area contributed by atoms with E-state index in [9.17, 15) is 4.79 Å². The summed E-state index contributed by atoms with van der Waals surface area (Å²) in [7, 11) is 1.77. The summed E-state index contributed by atoms with van der Waals surface area (Å²) in [6.07, 6.45) is 0.773. The molecule has 0 saturated carbocycles. The lowest BCUT2D eigenvalue weighted by Gasteiger charge is -2.17. The molecule has 2 amide bonds. The van der Waals surface area contributed by atoms with Crippen LogP contribution in [-0.4, -0.2) is 36.1 Å².